The Bertz CT molecular complexity index is 829. The summed E-state index contributed by atoms with van der Waals surface area (Å²) in [6, 6.07) is 11.3. The number of hydrogen-bond donors (Lipinski definition) is 1. The highest BCUT2D eigenvalue weighted by Gasteiger charge is 2.16. The monoisotopic (exact) mass is 408 g/mol. The smallest absolute Gasteiger partial charge is 0.253 e. The fourth-order valence-electron chi connectivity index (χ4n) is 2.22. The number of hydrogen-bond acceptors (Lipinski definition) is 3. The van der Waals surface area contributed by atoms with Crippen LogP contribution in [0.2, 0.25) is 5.02 Å². The topological polar surface area (TPSA) is 49.4 Å². The summed E-state index contributed by atoms with van der Waals surface area (Å²) in [6.07, 6.45) is 0.194. The molecule has 0 aliphatic rings. The van der Waals surface area contributed by atoms with Gasteiger partial charge in [-0.15, -0.1) is 11.8 Å². The number of rotatable bonds is 7. The Hall–Kier alpha value is -2.05. The van der Waals surface area contributed by atoms with Gasteiger partial charge in [0.25, 0.3) is 5.91 Å². The maximum Gasteiger partial charge on any atom is 0.253 e. The van der Waals surface area contributed by atoms with Crippen LogP contribution in [-0.2, 0) is 4.79 Å². The first kappa shape index (κ1) is 21.3. The lowest BCUT2D eigenvalue weighted by atomic mass is 10.1. The van der Waals surface area contributed by atoms with E-state index in [0.29, 0.717) is 26.9 Å². The number of carbonyl (C=O) groups is 2. The second-order valence-corrected chi connectivity index (χ2v) is 7.83. The summed E-state index contributed by atoms with van der Waals surface area (Å²) in [5, 5.41) is 3.08. The average Bonchev–Trinajstić information content (AvgIpc) is 2.63. The van der Waals surface area contributed by atoms with Gasteiger partial charge in [-0.05, 0) is 44.2 Å². The summed E-state index contributed by atoms with van der Waals surface area (Å²) in [7, 11) is 1.72. The molecular formula is C20H22ClFN2O2S. The van der Waals surface area contributed by atoms with Crippen LogP contribution in [0.1, 0.15) is 30.6 Å². The second kappa shape index (κ2) is 9.76. The van der Waals surface area contributed by atoms with Gasteiger partial charge in [0.1, 0.15) is 5.82 Å². The quantitative estimate of drug-likeness (QED) is 0.650. The van der Waals surface area contributed by atoms with E-state index in [4.69, 9.17) is 11.6 Å². The fraction of sp³-hybridized carbons (Fsp3) is 0.300. The van der Waals surface area contributed by atoms with E-state index in [-0.39, 0.29) is 30.1 Å². The minimum absolute atomic E-state index is 0.0571. The van der Waals surface area contributed by atoms with Gasteiger partial charge in [-0.3, -0.25) is 9.59 Å². The van der Waals surface area contributed by atoms with Crippen molar-refractivity contribution in [1.82, 2.24) is 4.90 Å². The molecule has 0 aliphatic heterocycles. The van der Waals surface area contributed by atoms with E-state index in [1.165, 1.54) is 17.8 Å². The normalized spacial score (nSPS) is 10.7. The molecule has 2 rings (SSSR count). The summed E-state index contributed by atoms with van der Waals surface area (Å²) < 4.78 is 13.6. The molecule has 0 fully saturated rings. The molecule has 1 N–H and O–H groups in total. The summed E-state index contributed by atoms with van der Waals surface area (Å²) >= 11 is 7.42. The van der Waals surface area contributed by atoms with Crippen molar-refractivity contribution >= 4 is 40.9 Å². The predicted molar refractivity (Wildman–Crippen MR) is 109 cm³/mol. The summed E-state index contributed by atoms with van der Waals surface area (Å²) in [5.41, 5.74) is 0.840. The molecule has 0 heterocycles. The Morgan fingerprint density at radius 1 is 1.22 bits per heavy atom. The lowest BCUT2D eigenvalue weighted by Gasteiger charge is -2.22. The van der Waals surface area contributed by atoms with Crippen molar-refractivity contribution < 1.29 is 14.0 Å². The van der Waals surface area contributed by atoms with Gasteiger partial charge in [-0.1, -0.05) is 23.7 Å². The lowest BCUT2D eigenvalue weighted by molar-refractivity contribution is -0.115. The number of benzene rings is 2. The van der Waals surface area contributed by atoms with E-state index < -0.39 is 0 Å². The molecule has 0 bridgehead atoms. The Morgan fingerprint density at radius 3 is 2.59 bits per heavy atom. The van der Waals surface area contributed by atoms with Gasteiger partial charge in [0, 0.05) is 35.7 Å². The SMILES string of the molecule is CC(C)N(C)C(=O)c1ccc(Cl)c(NC(=O)CCSc2ccccc2F)c1. The third-order valence-corrected chi connectivity index (χ3v) is 5.39. The van der Waals surface area contributed by atoms with Crippen LogP contribution in [-0.4, -0.2) is 35.6 Å². The van der Waals surface area contributed by atoms with E-state index in [1.807, 2.05) is 13.8 Å². The largest absolute Gasteiger partial charge is 0.339 e. The van der Waals surface area contributed by atoms with Gasteiger partial charge in [0.05, 0.1) is 10.7 Å². The van der Waals surface area contributed by atoms with Gasteiger partial charge < -0.3 is 10.2 Å². The van der Waals surface area contributed by atoms with Gasteiger partial charge in [0.15, 0.2) is 0 Å². The fourth-order valence-corrected chi connectivity index (χ4v) is 3.27. The van der Waals surface area contributed by atoms with Gasteiger partial charge in [-0.2, -0.15) is 0 Å². The van der Waals surface area contributed by atoms with E-state index in [2.05, 4.69) is 5.32 Å². The van der Waals surface area contributed by atoms with E-state index in [1.54, 1.807) is 48.3 Å². The maximum atomic E-state index is 13.6. The van der Waals surface area contributed by atoms with Crippen LogP contribution in [0.4, 0.5) is 10.1 Å². The minimum atomic E-state index is -0.300. The number of carbonyl (C=O) groups excluding carboxylic acids is 2. The zero-order valence-electron chi connectivity index (χ0n) is 15.5. The highest BCUT2D eigenvalue weighted by Crippen LogP contribution is 2.25. The van der Waals surface area contributed by atoms with Crippen molar-refractivity contribution in [1.29, 1.82) is 0 Å². The number of amides is 2. The molecular weight excluding hydrogens is 387 g/mol. The van der Waals surface area contributed by atoms with E-state index in [0.717, 1.165) is 0 Å². The van der Waals surface area contributed by atoms with Crippen LogP contribution in [0.5, 0.6) is 0 Å². The average molecular weight is 409 g/mol. The van der Waals surface area contributed by atoms with Crippen LogP contribution in [0.25, 0.3) is 0 Å². The Labute approximate surface area is 168 Å². The van der Waals surface area contributed by atoms with Crippen molar-refractivity contribution in [2.24, 2.45) is 0 Å². The molecule has 0 spiro atoms. The van der Waals surface area contributed by atoms with Crippen molar-refractivity contribution in [3.63, 3.8) is 0 Å². The van der Waals surface area contributed by atoms with Crippen LogP contribution in [0.15, 0.2) is 47.4 Å². The van der Waals surface area contributed by atoms with Crippen LogP contribution < -0.4 is 5.32 Å². The number of nitrogens with one attached hydrogen (secondary N) is 1. The molecule has 7 heteroatoms. The van der Waals surface area contributed by atoms with Gasteiger partial charge in [0.2, 0.25) is 5.91 Å². The molecule has 2 amide bonds. The molecule has 0 atom stereocenters. The first-order valence-electron chi connectivity index (χ1n) is 8.53. The van der Waals surface area contributed by atoms with Crippen molar-refractivity contribution in [2.45, 2.75) is 31.2 Å². The molecule has 2 aromatic carbocycles. The molecule has 4 nitrogen and oxygen atoms in total. The third-order valence-electron chi connectivity index (χ3n) is 4.01. The predicted octanol–water partition coefficient (Wildman–Crippen LogP) is 5.08. The Kier molecular flexibility index (Phi) is 7.68. The van der Waals surface area contributed by atoms with Crippen molar-refractivity contribution in [2.75, 3.05) is 18.1 Å². The lowest BCUT2D eigenvalue weighted by Crippen LogP contribution is -2.33. The first-order chi connectivity index (χ1) is 12.8. The summed E-state index contributed by atoms with van der Waals surface area (Å²) in [5.74, 6) is -0.264. The van der Waals surface area contributed by atoms with Crippen molar-refractivity contribution in [3.05, 3.63) is 58.9 Å². The second-order valence-electron chi connectivity index (χ2n) is 6.28. The van der Waals surface area contributed by atoms with Crippen LogP contribution in [0.3, 0.4) is 0 Å². The zero-order valence-corrected chi connectivity index (χ0v) is 17.0. The molecule has 2 aromatic rings. The molecule has 0 aromatic heterocycles. The molecule has 0 aliphatic carbocycles. The number of thioether (sulfide) groups is 1. The summed E-state index contributed by atoms with van der Waals surface area (Å²) in [4.78, 5) is 26.7. The Morgan fingerprint density at radius 2 is 1.93 bits per heavy atom. The molecule has 0 saturated carbocycles. The summed E-state index contributed by atoms with van der Waals surface area (Å²) in [6.45, 7) is 3.84. The van der Waals surface area contributed by atoms with Crippen LogP contribution in [0, 0.1) is 5.82 Å². The molecule has 144 valence electrons. The molecule has 0 saturated heterocycles. The highest BCUT2D eigenvalue weighted by atomic mass is 35.5. The maximum absolute atomic E-state index is 13.6. The molecule has 0 unspecified atom stereocenters. The Balaban J connectivity index is 1.97. The minimum Gasteiger partial charge on any atom is -0.339 e. The number of halogens is 2. The first-order valence-corrected chi connectivity index (χ1v) is 9.90. The van der Waals surface area contributed by atoms with Crippen molar-refractivity contribution in [3.8, 4) is 0 Å². The number of nitrogens with zero attached hydrogens (tertiary/aromatic N) is 1. The van der Waals surface area contributed by atoms with E-state index in [9.17, 15) is 14.0 Å². The zero-order chi connectivity index (χ0) is 20.0. The van der Waals surface area contributed by atoms with Gasteiger partial charge >= 0.3 is 0 Å². The standard InChI is InChI=1S/C20H22ClFN2O2S/c1-13(2)24(3)20(26)14-8-9-15(21)17(12-14)23-19(25)10-11-27-18-7-5-4-6-16(18)22/h4-9,12-13H,10-11H2,1-3H3,(H,23,25). The van der Waals surface area contributed by atoms with E-state index >= 15 is 0 Å². The molecule has 0 radical (unpaired) electrons. The third kappa shape index (κ3) is 5.97. The van der Waals surface area contributed by atoms with Crippen LogP contribution >= 0.6 is 23.4 Å². The van der Waals surface area contributed by atoms with Gasteiger partial charge in [-0.25, -0.2) is 4.39 Å². The number of anilines is 1. The molecule has 27 heavy (non-hydrogen) atoms. The highest BCUT2D eigenvalue weighted by molar-refractivity contribution is 7.99.